The van der Waals surface area contributed by atoms with Gasteiger partial charge in [0.25, 0.3) is 0 Å². The van der Waals surface area contributed by atoms with Crippen molar-refractivity contribution in [1.29, 1.82) is 0 Å². The molecule has 15 heavy (non-hydrogen) atoms. The smallest absolute Gasteiger partial charge is 0.166 e. The van der Waals surface area contributed by atoms with Gasteiger partial charge in [-0.3, -0.25) is 0 Å². The topological polar surface area (TPSA) is 16.1 Å². The van der Waals surface area contributed by atoms with Gasteiger partial charge < -0.3 is 4.90 Å². The lowest BCUT2D eigenvalue weighted by Gasteiger charge is -2.20. The predicted molar refractivity (Wildman–Crippen MR) is 64.5 cm³/mol. The lowest BCUT2D eigenvalue weighted by Crippen LogP contribution is -2.25. The summed E-state index contributed by atoms with van der Waals surface area (Å²) >= 11 is 3.16. The highest BCUT2D eigenvalue weighted by Crippen LogP contribution is 2.19. The van der Waals surface area contributed by atoms with Crippen molar-refractivity contribution in [1.82, 2.24) is 4.98 Å². The molecule has 0 aromatic carbocycles. The van der Waals surface area contributed by atoms with Crippen LogP contribution < -0.4 is 4.90 Å². The van der Waals surface area contributed by atoms with Crippen LogP contribution >= 0.6 is 15.9 Å². The Morgan fingerprint density at radius 3 is 2.47 bits per heavy atom. The van der Waals surface area contributed by atoms with E-state index in [9.17, 15) is 4.39 Å². The molecule has 0 radical (unpaired) electrons. The van der Waals surface area contributed by atoms with Crippen LogP contribution in [0.4, 0.5) is 10.2 Å². The molecule has 0 N–H and O–H groups in total. The van der Waals surface area contributed by atoms with Gasteiger partial charge in [0.15, 0.2) is 11.6 Å². The molecule has 0 aliphatic rings. The van der Waals surface area contributed by atoms with Gasteiger partial charge in [0.2, 0.25) is 0 Å². The number of aromatic nitrogens is 1. The van der Waals surface area contributed by atoms with E-state index in [-0.39, 0.29) is 5.82 Å². The molecule has 0 amide bonds. The molecule has 0 fully saturated rings. The van der Waals surface area contributed by atoms with Crippen molar-refractivity contribution in [2.75, 3.05) is 18.0 Å². The number of nitrogens with zero attached hydrogens (tertiary/aromatic N) is 2. The van der Waals surface area contributed by atoms with E-state index in [1.165, 1.54) is 6.07 Å². The van der Waals surface area contributed by atoms with Crippen LogP contribution in [0.2, 0.25) is 0 Å². The van der Waals surface area contributed by atoms with E-state index in [0.29, 0.717) is 23.4 Å². The van der Waals surface area contributed by atoms with E-state index >= 15 is 0 Å². The molecule has 0 aliphatic heterocycles. The third-order valence-electron chi connectivity index (χ3n) is 1.79. The fraction of sp³-hybridized carbons (Fsp3) is 0.182. The van der Waals surface area contributed by atoms with Crippen LogP contribution in [0.1, 0.15) is 0 Å². The number of halogens is 2. The zero-order chi connectivity index (χ0) is 11.3. The molecule has 1 rings (SSSR count). The second kappa shape index (κ2) is 5.66. The van der Waals surface area contributed by atoms with E-state index in [0.717, 1.165) is 0 Å². The normalized spacial score (nSPS) is 9.73. The van der Waals surface area contributed by atoms with Crippen molar-refractivity contribution >= 4 is 21.7 Å². The highest BCUT2D eigenvalue weighted by molar-refractivity contribution is 9.10. The van der Waals surface area contributed by atoms with Crippen LogP contribution in [0.5, 0.6) is 0 Å². The Morgan fingerprint density at radius 2 is 2.00 bits per heavy atom. The summed E-state index contributed by atoms with van der Waals surface area (Å²) in [6, 6.07) is 1.39. The van der Waals surface area contributed by atoms with E-state index in [4.69, 9.17) is 0 Å². The molecule has 0 atom stereocenters. The quantitative estimate of drug-likeness (QED) is 0.765. The van der Waals surface area contributed by atoms with Gasteiger partial charge in [-0.05, 0) is 22.0 Å². The molecule has 80 valence electrons. The summed E-state index contributed by atoms with van der Waals surface area (Å²) in [4.78, 5) is 5.78. The second-order valence-corrected chi connectivity index (χ2v) is 3.86. The molecular formula is C11H12BrFN2. The summed E-state index contributed by atoms with van der Waals surface area (Å²) in [5.41, 5.74) is 0. The summed E-state index contributed by atoms with van der Waals surface area (Å²) in [5.74, 6) is -0.0360. The van der Waals surface area contributed by atoms with Crippen LogP contribution in [0.3, 0.4) is 0 Å². The molecule has 2 nitrogen and oxygen atoms in total. The molecule has 4 heteroatoms. The SMILES string of the molecule is C=CCN(CC=C)c1ncc(Br)cc1F. The fourth-order valence-corrected chi connectivity index (χ4v) is 1.50. The number of hydrogen-bond acceptors (Lipinski definition) is 2. The Balaban J connectivity index is 2.98. The van der Waals surface area contributed by atoms with Crippen LogP contribution in [0, 0.1) is 5.82 Å². The summed E-state index contributed by atoms with van der Waals surface area (Å²) in [5, 5.41) is 0. The van der Waals surface area contributed by atoms with Gasteiger partial charge in [0.05, 0.1) is 0 Å². The van der Waals surface area contributed by atoms with E-state index in [1.807, 2.05) is 0 Å². The maximum atomic E-state index is 13.5. The molecule has 1 aromatic heterocycles. The van der Waals surface area contributed by atoms with Gasteiger partial charge in [-0.1, -0.05) is 12.2 Å². The van der Waals surface area contributed by atoms with Crippen molar-refractivity contribution in [3.05, 3.63) is 47.9 Å². The number of anilines is 1. The monoisotopic (exact) mass is 270 g/mol. The maximum absolute atomic E-state index is 13.5. The largest absolute Gasteiger partial charge is 0.347 e. The van der Waals surface area contributed by atoms with Crippen LogP contribution in [-0.2, 0) is 0 Å². The first-order chi connectivity index (χ1) is 7.19. The van der Waals surface area contributed by atoms with Crippen LogP contribution in [0.15, 0.2) is 42.0 Å². The molecule has 1 heterocycles. The number of rotatable bonds is 5. The van der Waals surface area contributed by atoms with Crippen molar-refractivity contribution in [3.8, 4) is 0 Å². The standard InChI is InChI=1S/C11H12BrFN2/c1-3-5-15(6-4-2)11-10(13)7-9(12)8-14-11/h3-4,7-8H,1-2,5-6H2. The van der Waals surface area contributed by atoms with Gasteiger partial charge >= 0.3 is 0 Å². The molecular weight excluding hydrogens is 259 g/mol. The number of hydrogen-bond donors (Lipinski definition) is 0. The van der Waals surface area contributed by atoms with E-state index < -0.39 is 0 Å². The highest BCUT2D eigenvalue weighted by atomic mass is 79.9. The van der Waals surface area contributed by atoms with Crippen LogP contribution in [-0.4, -0.2) is 18.1 Å². The third-order valence-corrected chi connectivity index (χ3v) is 2.22. The van der Waals surface area contributed by atoms with Gasteiger partial charge in [0, 0.05) is 23.8 Å². The molecule has 0 saturated heterocycles. The average molecular weight is 271 g/mol. The summed E-state index contributed by atoms with van der Waals surface area (Å²) in [6.45, 7) is 8.32. The molecule has 0 saturated carbocycles. The van der Waals surface area contributed by atoms with Gasteiger partial charge in [-0.25, -0.2) is 9.37 Å². The zero-order valence-corrected chi connectivity index (χ0v) is 9.87. The van der Waals surface area contributed by atoms with E-state index in [2.05, 4.69) is 34.1 Å². The van der Waals surface area contributed by atoms with Crippen molar-refractivity contribution in [2.24, 2.45) is 0 Å². The summed E-state index contributed by atoms with van der Waals surface area (Å²) < 4.78 is 14.2. The lowest BCUT2D eigenvalue weighted by molar-refractivity contribution is 0.614. The Kier molecular flexibility index (Phi) is 4.49. The van der Waals surface area contributed by atoms with Crippen molar-refractivity contribution in [2.45, 2.75) is 0 Å². The molecule has 0 bridgehead atoms. The van der Waals surface area contributed by atoms with Crippen molar-refractivity contribution in [3.63, 3.8) is 0 Å². The minimum Gasteiger partial charge on any atom is -0.347 e. The molecule has 0 aliphatic carbocycles. The summed E-state index contributed by atoms with van der Waals surface area (Å²) in [7, 11) is 0. The fourth-order valence-electron chi connectivity index (χ4n) is 1.20. The van der Waals surface area contributed by atoms with Gasteiger partial charge in [-0.15, -0.1) is 13.2 Å². The van der Waals surface area contributed by atoms with Crippen molar-refractivity contribution < 1.29 is 4.39 Å². The molecule has 0 spiro atoms. The number of pyridine rings is 1. The Bertz CT molecular complexity index is 356. The Morgan fingerprint density at radius 1 is 1.40 bits per heavy atom. The average Bonchev–Trinajstić information content (AvgIpc) is 2.17. The van der Waals surface area contributed by atoms with Crippen LogP contribution in [0.25, 0.3) is 0 Å². The highest BCUT2D eigenvalue weighted by Gasteiger charge is 2.10. The van der Waals surface area contributed by atoms with Gasteiger partial charge in [-0.2, -0.15) is 0 Å². The molecule has 0 unspecified atom stereocenters. The lowest BCUT2D eigenvalue weighted by atomic mass is 10.3. The first-order valence-corrected chi connectivity index (χ1v) is 5.26. The predicted octanol–water partition coefficient (Wildman–Crippen LogP) is 3.16. The minimum atomic E-state index is -0.354. The maximum Gasteiger partial charge on any atom is 0.166 e. The first-order valence-electron chi connectivity index (χ1n) is 4.46. The minimum absolute atomic E-state index is 0.318. The van der Waals surface area contributed by atoms with Gasteiger partial charge in [0.1, 0.15) is 0 Å². The Hall–Kier alpha value is -1.16. The molecule has 1 aromatic rings. The summed E-state index contributed by atoms with van der Waals surface area (Å²) in [6.07, 6.45) is 4.97. The second-order valence-electron chi connectivity index (χ2n) is 2.94. The zero-order valence-electron chi connectivity index (χ0n) is 8.29. The first kappa shape index (κ1) is 11.9. The third kappa shape index (κ3) is 3.16. The van der Waals surface area contributed by atoms with E-state index in [1.54, 1.807) is 23.2 Å². The Labute approximate surface area is 97.3 Å².